The standard InChI is InChI=1S/C38H24O/c1-3-11-25(12-4-1)27-19-21-32-34(23-27)38(28-20-22-36-33(24-28)29-15-9-10-18-35(29)39-36)31-17-8-7-16-30(31)37(32)26-13-5-2-6-14-26/h1-24H/i7D,8D,16D,17D,19D,21D,23D. The van der Waals surface area contributed by atoms with E-state index in [1.807, 2.05) is 103 Å². The van der Waals surface area contributed by atoms with Crippen molar-refractivity contribution in [2.24, 2.45) is 0 Å². The van der Waals surface area contributed by atoms with Crippen LogP contribution in [0.4, 0.5) is 0 Å². The molecular weight excluding hydrogens is 472 g/mol. The Labute approximate surface area is 236 Å². The molecular formula is C38H24O. The normalized spacial score (nSPS) is 14.1. The molecule has 0 unspecified atom stereocenters. The Kier molecular flexibility index (Phi) is 3.57. The van der Waals surface area contributed by atoms with Crippen LogP contribution in [0.3, 0.4) is 0 Å². The fourth-order valence-corrected chi connectivity index (χ4v) is 5.53. The number of hydrogen-bond donors (Lipinski definition) is 0. The Balaban J connectivity index is 1.69. The van der Waals surface area contributed by atoms with Crippen LogP contribution in [-0.4, -0.2) is 0 Å². The highest BCUT2D eigenvalue weighted by Gasteiger charge is 2.18. The van der Waals surface area contributed by atoms with E-state index in [9.17, 15) is 5.48 Å². The zero-order valence-corrected chi connectivity index (χ0v) is 20.7. The second kappa shape index (κ2) is 8.72. The lowest BCUT2D eigenvalue weighted by atomic mass is 9.84. The summed E-state index contributed by atoms with van der Waals surface area (Å²) in [5, 5.41) is 2.86. The van der Waals surface area contributed by atoms with Crippen molar-refractivity contribution in [2.45, 2.75) is 0 Å². The number of rotatable bonds is 3. The van der Waals surface area contributed by atoms with Crippen LogP contribution < -0.4 is 0 Å². The van der Waals surface area contributed by atoms with Crippen LogP contribution in [0.2, 0.25) is 0 Å². The quantitative estimate of drug-likeness (QED) is 0.219. The van der Waals surface area contributed by atoms with Gasteiger partial charge in [0, 0.05) is 10.8 Å². The van der Waals surface area contributed by atoms with E-state index in [1.165, 1.54) is 0 Å². The molecule has 1 heteroatoms. The molecule has 0 N–H and O–H groups in total. The van der Waals surface area contributed by atoms with E-state index >= 15 is 0 Å². The molecule has 8 rings (SSSR count). The summed E-state index contributed by atoms with van der Waals surface area (Å²) in [4.78, 5) is 0. The van der Waals surface area contributed by atoms with Gasteiger partial charge in [-0.25, -0.2) is 0 Å². The zero-order chi connectivity index (χ0) is 31.9. The highest BCUT2D eigenvalue weighted by Crippen LogP contribution is 2.45. The fourth-order valence-electron chi connectivity index (χ4n) is 5.53. The second-order valence-corrected chi connectivity index (χ2v) is 9.54. The molecule has 0 aliphatic heterocycles. The molecule has 0 spiro atoms. The number of hydrogen-bond acceptors (Lipinski definition) is 1. The van der Waals surface area contributed by atoms with Crippen molar-refractivity contribution in [1.29, 1.82) is 0 Å². The predicted molar refractivity (Wildman–Crippen MR) is 165 cm³/mol. The molecule has 1 nitrogen and oxygen atoms in total. The third kappa shape index (κ3) is 3.48. The largest absolute Gasteiger partial charge is 0.456 e. The Morgan fingerprint density at radius 3 is 1.79 bits per heavy atom. The predicted octanol–water partition coefficient (Wildman–Crippen LogP) is 10.9. The first-order valence-electron chi connectivity index (χ1n) is 16.3. The van der Waals surface area contributed by atoms with Crippen LogP contribution in [0.15, 0.2) is 150 Å². The van der Waals surface area contributed by atoms with Crippen molar-refractivity contribution in [3.05, 3.63) is 145 Å². The summed E-state index contributed by atoms with van der Waals surface area (Å²) >= 11 is 0. The van der Waals surface area contributed by atoms with Gasteiger partial charge in [0.05, 0.1) is 9.60 Å². The number of benzene rings is 7. The fraction of sp³-hybridized carbons (Fsp3) is 0. The van der Waals surface area contributed by atoms with E-state index in [1.54, 1.807) is 0 Å². The third-order valence-electron chi connectivity index (χ3n) is 7.29. The lowest BCUT2D eigenvalue weighted by Crippen LogP contribution is -1.91. The molecule has 0 aliphatic carbocycles. The molecule has 0 amide bonds. The maximum absolute atomic E-state index is 9.71. The summed E-state index contributed by atoms with van der Waals surface area (Å²) in [6, 6.07) is 30.1. The van der Waals surface area contributed by atoms with Crippen LogP contribution in [0, 0.1) is 0 Å². The maximum Gasteiger partial charge on any atom is 0.135 e. The van der Waals surface area contributed by atoms with Crippen molar-refractivity contribution in [3.8, 4) is 33.4 Å². The van der Waals surface area contributed by atoms with Gasteiger partial charge in [0.2, 0.25) is 0 Å². The highest BCUT2D eigenvalue weighted by atomic mass is 16.3. The molecule has 0 fully saturated rings. The van der Waals surface area contributed by atoms with E-state index in [0.29, 0.717) is 49.8 Å². The number of para-hydroxylation sites is 1. The molecule has 39 heavy (non-hydrogen) atoms. The van der Waals surface area contributed by atoms with Crippen molar-refractivity contribution in [1.82, 2.24) is 0 Å². The van der Waals surface area contributed by atoms with Gasteiger partial charge in [0.1, 0.15) is 11.2 Å². The Morgan fingerprint density at radius 2 is 1.03 bits per heavy atom. The van der Waals surface area contributed by atoms with E-state index in [0.717, 1.165) is 10.8 Å². The monoisotopic (exact) mass is 503 g/mol. The van der Waals surface area contributed by atoms with Gasteiger partial charge in [-0.05, 0) is 79.2 Å². The third-order valence-corrected chi connectivity index (χ3v) is 7.29. The number of furan rings is 1. The molecule has 0 bridgehead atoms. The Bertz CT molecular complexity index is 2540. The van der Waals surface area contributed by atoms with Gasteiger partial charge in [-0.3, -0.25) is 0 Å². The molecule has 0 saturated heterocycles. The van der Waals surface area contributed by atoms with Gasteiger partial charge >= 0.3 is 0 Å². The van der Waals surface area contributed by atoms with Crippen molar-refractivity contribution < 1.29 is 14.0 Å². The molecule has 0 aliphatic rings. The van der Waals surface area contributed by atoms with Gasteiger partial charge in [-0.15, -0.1) is 0 Å². The molecule has 7 aromatic carbocycles. The highest BCUT2D eigenvalue weighted by molar-refractivity contribution is 6.22. The molecule has 182 valence electrons. The van der Waals surface area contributed by atoms with E-state index < -0.39 is 0 Å². The zero-order valence-electron chi connectivity index (χ0n) is 27.7. The van der Waals surface area contributed by atoms with Crippen LogP contribution in [0.25, 0.3) is 76.9 Å². The topological polar surface area (TPSA) is 13.1 Å². The van der Waals surface area contributed by atoms with E-state index in [-0.39, 0.29) is 58.6 Å². The molecule has 0 saturated carbocycles. The Hall–Kier alpha value is -5.14. The minimum absolute atomic E-state index is 0.0147. The van der Waals surface area contributed by atoms with Crippen molar-refractivity contribution >= 4 is 43.5 Å². The number of fused-ring (bicyclic) bond motifs is 5. The summed E-state index contributed by atoms with van der Waals surface area (Å²) < 4.78 is 70.2. The van der Waals surface area contributed by atoms with Crippen molar-refractivity contribution in [2.75, 3.05) is 0 Å². The lowest BCUT2D eigenvalue weighted by molar-refractivity contribution is 0.669. The van der Waals surface area contributed by atoms with Crippen LogP contribution in [-0.2, 0) is 0 Å². The summed E-state index contributed by atoms with van der Waals surface area (Å²) in [7, 11) is 0. The second-order valence-electron chi connectivity index (χ2n) is 9.54. The molecule has 1 aromatic heterocycles. The van der Waals surface area contributed by atoms with Gasteiger partial charge in [-0.2, -0.15) is 0 Å². The SMILES string of the molecule is [2H]c1c([2H])c([2H])c2c(-c3ccc4oc5ccccc5c4c3)c3c([2H])c(-c4ccccc4)c([2H])c([2H])c3c(-c3ccccc3)c2c1[2H]. The summed E-state index contributed by atoms with van der Waals surface area (Å²) in [5.41, 5.74) is 4.34. The van der Waals surface area contributed by atoms with E-state index in [2.05, 4.69) is 0 Å². The molecule has 0 radical (unpaired) electrons. The minimum atomic E-state index is -0.388. The molecule has 8 aromatic rings. The van der Waals surface area contributed by atoms with Crippen LogP contribution in [0.1, 0.15) is 9.60 Å². The summed E-state index contributed by atoms with van der Waals surface area (Å²) in [5.74, 6) is 0. The Morgan fingerprint density at radius 1 is 0.410 bits per heavy atom. The van der Waals surface area contributed by atoms with Gasteiger partial charge in [-0.1, -0.05) is 121 Å². The first-order chi connectivity index (χ1) is 22.3. The van der Waals surface area contributed by atoms with Gasteiger partial charge in [0.15, 0.2) is 0 Å². The summed E-state index contributed by atoms with van der Waals surface area (Å²) in [6.45, 7) is 0. The van der Waals surface area contributed by atoms with Crippen LogP contribution in [0.5, 0.6) is 0 Å². The lowest BCUT2D eigenvalue weighted by Gasteiger charge is -2.19. The maximum atomic E-state index is 9.71. The average molecular weight is 504 g/mol. The van der Waals surface area contributed by atoms with Gasteiger partial charge < -0.3 is 4.42 Å². The average Bonchev–Trinajstić information content (AvgIpc) is 3.46. The van der Waals surface area contributed by atoms with E-state index in [4.69, 9.17) is 8.53 Å². The smallest absolute Gasteiger partial charge is 0.135 e. The first-order valence-corrected chi connectivity index (χ1v) is 12.8. The summed E-state index contributed by atoms with van der Waals surface area (Å²) in [6.07, 6.45) is 0. The van der Waals surface area contributed by atoms with Crippen molar-refractivity contribution in [3.63, 3.8) is 0 Å². The van der Waals surface area contributed by atoms with Crippen LogP contribution >= 0.6 is 0 Å². The molecule has 0 atom stereocenters. The molecule has 1 heterocycles. The van der Waals surface area contributed by atoms with Gasteiger partial charge in [0.25, 0.3) is 0 Å². The first kappa shape index (κ1) is 16.0. The minimum Gasteiger partial charge on any atom is -0.456 e.